The summed E-state index contributed by atoms with van der Waals surface area (Å²) in [7, 11) is 0. The number of nitrogens with two attached hydrogens (primary N) is 1. The Bertz CT molecular complexity index is 542. The van der Waals surface area contributed by atoms with Gasteiger partial charge in [0.05, 0.1) is 11.9 Å². The van der Waals surface area contributed by atoms with E-state index in [1.54, 1.807) is 12.3 Å². The fourth-order valence-corrected chi connectivity index (χ4v) is 2.55. The van der Waals surface area contributed by atoms with Gasteiger partial charge in [-0.15, -0.1) is 0 Å². The second-order valence-electron chi connectivity index (χ2n) is 5.19. The third-order valence-corrected chi connectivity index (χ3v) is 3.66. The van der Waals surface area contributed by atoms with Gasteiger partial charge in [-0.05, 0) is 55.7 Å². The largest absolute Gasteiger partial charge is 0.384 e. The number of pyridine rings is 1. The van der Waals surface area contributed by atoms with Crippen molar-refractivity contribution in [1.82, 2.24) is 4.98 Å². The van der Waals surface area contributed by atoms with E-state index in [2.05, 4.69) is 39.5 Å². The number of nitrogens with one attached hydrogen (secondary N) is 1. The number of rotatable bonds is 3. The summed E-state index contributed by atoms with van der Waals surface area (Å²) < 4.78 is 0. The van der Waals surface area contributed by atoms with Crippen molar-refractivity contribution in [3.63, 3.8) is 0 Å². The van der Waals surface area contributed by atoms with Crippen LogP contribution >= 0.6 is 0 Å². The lowest BCUT2D eigenvalue weighted by Gasteiger charge is -2.28. The number of nitrogens with zero attached hydrogens (tertiary/aromatic N) is 2. The van der Waals surface area contributed by atoms with Crippen LogP contribution in [0.5, 0.6) is 0 Å². The second kappa shape index (κ2) is 5.82. The highest BCUT2D eigenvalue weighted by Crippen LogP contribution is 2.23. The number of nitrogen functional groups attached to an aromatic ring is 1. The van der Waals surface area contributed by atoms with Gasteiger partial charge >= 0.3 is 0 Å². The van der Waals surface area contributed by atoms with Crippen LogP contribution in [0.2, 0.25) is 0 Å². The van der Waals surface area contributed by atoms with Crippen LogP contribution in [0, 0.1) is 0 Å². The van der Waals surface area contributed by atoms with Crippen molar-refractivity contribution in [2.75, 3.05) is 29.0 Å². The van der Waals surface area contributed by atoms with E-state index in [0.717, 1.165) is 11.4 Å². The highest BCUT2D eigenvalue weighted by atomic mass is 15.1. The summed E-state index contributed by atoms with van der Waals surface area (Å²) in [6.07, 6.45) is 5.71. The van der Waals surface area contributed by atoms with E-state index in [-0.39, 0.29) is 0 Å². The van der Waals surface area contributed by atoms with Crippen LogP contribution < -0.4 is 16.0 Å². The van der Waals surface area contributed by atoms with Crippen molar-refractivity contribution in [3.05, 3.63) is 42.6 Å². The van der Waals surface area contributed by atoms with E-state index in [9.17, 15) is 0 Å². The molecule has 1 fully saturated rings. The fourth-order valence-electron chi connectivity index (χ4n) is 2.55. The van der Waals surface area contributed by atoms with Crippen LogP contribution in [0.15, 0.2) is 42.6 Å². The Morgan fingerprint density at radius 2 is 1.60 bits per heavy atom. The molecule has 0 unspecified atom stereocenters. The molecule has 3 rings (SSSR count). The molecule has 1 saturated heterocycles. The number of benzene rings is 1. The molecule has 104 valence electrons. The maximum Gasteiger partial charge on any atom is 0.123 e. The molecule has 0 bridgehead atoms. The number of piperidine rings is 1. The van der Waals surface area contributed by atoms with Crippen molar-refractivity contribution >= 4 is 22.9 Å². The minimum atomic E-state index is 0.538. The maximum absolute atomic E-state index is 5.58. The lowest BCUT2D eigenvalue weighted by atomic mass is 10.1. The fraction of sp³-hybridized carbons (Fsp3) is 0.312. The summed E-state index contributed by atoms with van der Waals surface area (Å²) in [5.41, 5.74) is 8.90. The van der Waals surface area contributed by atoms with Crippen molar-refractivity contribution in [3.8, 4) is 0 Å². The van der Waals surface area contributed by atoms with Gasteiger partial charge in [-0.1, -0.05) is 0 Å². The van der Waals surface area contributed by atoms with Crippen molar-refractivity contribution < 1.29 is 0 Å². The van der Waals surface area contributed by atoms with E-state index in [0.29, 0.717) is 5.82 Å². The van der Waals surface area contributed by atoms with E-state index >= 15 is 0 Å². The van der Waals surface area contributed by atoms with Gasteiger partial charge in [0.1, 0.15) is 5.82 Å². The number of anilines is 4. The molecule has 1 aromatic heterocycles. The van der Waals surface area contributed by atoms with Crippen LogP contribution in [-0.2, 0) is 0 Å². The Morgan fingerprint density at radius 3 is 2.25 bits per heavy atom. The van der Waals surface area contributed by atoms with E-state index in [1.165, 1.54) is 38.0 Å². The highest BCUT2D eigenvalue weighted by Gasteiger charge is 2.10. The lowest BCUT2D eigenvalue weighted by Crippen LogP contribution is -2.29. The molecule has 0 radical (unpaired) electrons. The number of aromatic nitrogens is 1. The van der Waals surface area contributed by atoms with Crippen molar-refractivity contribution in [2.45, 2.75) is 19.3 Å². The molecule has 0 spiro atoms. The molecular formula is C16H20N4. The molecule has 4 heteroatoms. The third-order valence-electron chi connectivity index (χ3n) is 3.66. The molecule has 20 heavy (non-hydrogen) atoms. The van der Waals surface area contributed by atoms with Crippen LogP contribution in [0.4, 0.5) is 22.9 Å². The zero-order valence-corrected chi connectivity index (χ0v) is 11.5. The SMILES string of the molecule is Nc1ccc(Nc2ccc(N3CCCCC3)cc2)cn1. The monoisotopic (exact) mass is 268 g/mol. The molecule has 1 aliphatic heterocycles. The first kappa shape index (κ1) is 12.8. The third kappa shape index (κ3) is 3.02. The smallest absolute Gasteiger partial charge is 0.123 e. The Morgan fingerprint density at radius 1 is 0.900 bits per heavy atom. The topological polar surface area (TPSA) is 54.2 Å². The molecule has 0 saturated carbocycles. The maximum atomic E-state index is 5.58. The predicted octanol–water partition coefficient (Wildman–Crippen LogP) is 3.40. The second-order valence-corrected chi connectivity index (χ2v) is 5.19. The minimum absolute atomic E-state index is 0.538. The summed E-state index contributed by atoms with van der Waals surface area (Å²) in [5.74, 6) is 0.538. The molecule has 2 aromatic rings. The lowest BCUT2D eigenvalue weighted by molar-refractivity contribution is 0.578. The Hall–Kier alpha value is -2.23. The first-order valence-electron chi connectivity index (χ1n) is 7.15. The predicted molar refractivity (Wildman–Crippen MR) is 84.4 cm³/mol. The van der Waals surface area contributed by atoms with Crippen LogP contribution in [-0.4, -0.2) is 18.1 Å². The summed E-state index contributed by atoms with van der Waals surface area (Å²) >= 11 is 0. The average molecular weight is 268 g/mol. The Balaban J connectivity index is 1.67. The zero-order chi connectivity index (χ0) is 13.8. The van der Waals surface area contributed by atoms with Crippen molar-refractivity contribution in [1.29, 1.82) is 0 Å². The van der Waals surface area contributed by atoms with Gasteiger partial charge in [0.15, 0.2) is 0 Å². The Kier molecular flexibility index (Phi) is 3.72. The molecule has 3 N–H and O–H groups in total. The first-order chi connectivity index (χ1) is 9.81. The molecule has 1 aliphatic rings. The van der Waals surface area contributed by atoms with Gasteiger partial charge in [0, 0.05) is 24.5 Å². The van der Waals surface area contributed by atoms with Gasteiger partial charge in [-0.2, -0.15) is 0 Å². The molecule has 0 amide bonds. The quantitative estimate of drug-likeness (QED) is 0.896. The average Bonchev–Trinajstić information content (AvgIpc) is 2.51. The molecule has 4 nitrogen and oxygen atoms in total. The summed E-state index contributed by atoms with van der Waals surface area (Å²) in [6, 6.07) is 12.3. The molecular weight excluding hydrogens is 248 g/mol. The van der Waals surface area contributed by atoms with E-state index < -0.39 is 0 Å². The van der Waals surface area contributed by atoms with Gasteiger partial charge in [-0.25, -0.2) is 4.98 Å². The normalized spacial score (nSPS) is 15.1. The summed E-state index contributed by atoms with van der Waals surface area (Å²) in [5, 5.41) is 3.32. The summed E-state index contributed by atoms with van der Waals surface area (Å²) in [6.45, 7) is 2.35. The van der Waals surface area contributed by atoms with E-state index in [4.69, 9.17) is 5.73 Å². The van der Waals surface area contributed by atoms with Gasteiger partial charge in [0.25, 0.3) is 0 Å². The van der Waals surface area contributed by atoms with Crippen LogP contribution in [0.3, 0.4) is 0 Å². The minimum Gasteiger partial charge on any atom is -0.384 e. The van der Waals surface area contributed by atoms with Gasteiger partial charge in [0.2, 0.25) is 0 Å². The zero-order valence-electron chi connectivity index (χ0n) is 11.5. The first-order valence-corrected chi connectivity index (χ1v) is 7.15. The number of hydrogen-bond donors (Lipinski definition) is 2. The molecule has 0 atom stereocenters. The number of hydrogen-bond acceptors (Lipinski definition) is 4. The molecule has 0 aliphatic carbocycles. The van der Waals surface area contributed by atoms with Gasteiger partial charge in [-0.3, -0.25) is 0 Å². The van der Waals surface area contributed by atoms with Crippen LogP contribution in [0.25, 0.3) is 0 Å². The summed E-state index contributed by atoms with van der Waals surface area (Å²) in [4.78, 5) is 6.53. The van der Waals surface area contributed by atoms with Gasteiger partial charge < -0.3 is 16.0 Å². The highest BCUT2D eigenvalue weighted by molar-refractivity contribution is 5.63. The molecule has 1 aromatic carbocycles. The van der Waals surface area contributed by atoms with Crippen LogP contribution in [0.1, 0.15) is 19.3 Å². The standard InChI is InChI=1S/C16H20N4/c17-16-9-6-14(12-18-16)19-13-4-7-15(8-5-13)20-10-2-1-3-11-20/h4-9,12,19H,1-3,10-11H2,(H2,17,18). The van der Waals surface area contributed by atoms with Crippen molar-refractivity contribution in [2.24, 2.45) is 0 Å². The van der Waals surface area contributed by atoms with E-state index in [1.807, 2.05) is 6.07 Å². The Labute approximate surface area is 119 Å². The molecule has 2 heterocycles.